The molecule has 1 aromatic carbocycles. The normalized spacial score (nSPS) is 15.5. The number of hydrogen-bond donors (Lipinski definition) is 3. The zero-order chi connectivity index (χ0) is 25.3. The van der Waals surface area contributed by atoms with E-state index in [9.17, 15) is 9.59 Å². The summed E-state index contributed by atoms with van der Waals surface area (Å²) < 4.78 is 0. The minimum atomic E-state index is -0.313. The maximum atomic E-state index is 13.2. The number of nitrogen functional groups attached to an aromatic ring is 1. The van der Waals surface area contributed by atoms with E-state index in [1.807, 2.05) is 29.2 Å². The van der Waals surface area contributed by atoms with Crippen LogP contribution in [-0.4, -0.2) is 58.9 Å². The summed E-state index contributed by atoms with van der Waals surface area (Å²) >= 11 is 1.43. The van der Waals surface area contributed by atoms with E-state index in [1.165, 1.54) is 16.9 Å². The Kier molecular flexibility index (Phi) is 8.91. The maximum Gasteiger partial charge on any atom is 0.317 e. The molecule has 0 spiro atoms. The number of carbonyl (C=O) groups excluding carboxylic acids is 2. The van der Waals surface area contributed by atoms with Crippen molar-refractivity contribution >= 4 is 34.6 Å². The van der Waals surface area contributed by atoms with Crippen LogP contribution in [0, 0.1) is 0 Å². The van der Waals surface area contributed by atoms with Gasteiger partial charge in [0.15, 0.2) is 0 Å². The topological polar surface area (TPSA) is 104 Å². The molecule has 0 bridgehead atoms. The third kappa shape index (κ3) is 6.83. The molecule has 1 aliphatic rings. The quantitative estimate of drug-likeness (QED) is 0.382. The number of nitrogens with two attached hydrogens (primary N) is 1. The lowest BCUT2D eigenvalue weighted by Crippen LogP contribution is -2.47. The Morgan fingerprint density at radius 1 is 1.17 bits per heavy atom. The molecule has 3 aromatic rings. The van der Waals surface area contributed by atoms with Crippen molar-refractivity contribution in [2.45, 2.75) is 38.8 Å². The molecule has 8 nitrogen and oxygen atoms in total. The van der Waals surface area contributed by atoms with E-state index < -0.39 is 0 Å². The molecule has 3 amide bonds. The molecule has 1 atom stereocenters. The molecule has 1 saturated heterocycles. The minimum absolute atomic E-state index is 0.0800. The van der Waals surface area contributed by atoms with E-state index >= 15 is 0 Å². The fourth-order valence-corrected chi connectivity index (χ4v) is 5.20. The van der Waals surface area contributed by atoms with Gasteiger partial charge in [-0.1, -0.05) is 43.3 Å². The predicted molar refractivity (Wildman–Crippen MR) is 145 cm³/mol. The highest BCUT2D eigenvalue weighted by Gasteiger charge is 2.27. The van der Waals surface area contributed by atoms with Crippen LogP contribution in [0.2, 0.25) is 0 Å². The fourth-order valence-electron chi connectivity index (χ4n) is 4.53. The number of aromatic nitrogens is 1. The van der Waals surface area contributed by atoms with Crippen LogP contribution < -0.4 is 16.4 Å². The Bertz CT molecular complexity index is 1130. The second-order valence-electron chi connectivity index (χ2n) is 9.02. The van der Waals surface area contributed by atoms with Gasteiger partial charge in [-0.15, -0.1) is 11.3 Å². The van der Waals surface area contributed by atoms with Crippen molar-refractivity contribution in [1.29, 1.82) is 0 Å². The van der Waals surface area contributed by atoms with Gasteiger partial charge in [-0.25, -0.2) is 4.79 Å². The third-order valence-corrected chi connectivity index (χ3v) is 7.29. The van der Waals surface area contributed by atoms with Crippen molar-refractivity contribution in [2.75, 3.05) is 37.2 Å². The van der Waals surface area contributed by atoms with Gasteiger partial charge < -0.3 is 21.3 Å². The van der Waals surface area contributed by atoms with Crippen LogP contribution >= 0.6 is 11.3 Å². The number of thiophene rings is 1. The molecule has 4 rings (SSSR count). The summed E-state index contributed by atoms with van der Waals surface area (Å²) in [6.45, 7) is 5.88. The third-order valence-electron chi connectivity index (χ3n) is 6.53. The lowest BCUT2D eigenvalue weighted by atomic mass is 10.1. The summed E-state index contributed by atoms with van der Waals surface area (Å²) in [7, 11) is 0. The first-order valence-corrected chi connectivity index (χ1v) is 13.4. The molecule has 0 aliphatic carbocycles. The van der Waals surface area contributed by atoms with E-state index in [1.54, 1.807) is 23.0 Å². The van der Waals surface area contributed by atoms with Crippen molar-refractivity contribution in [2.24, 2.45) is 0 Å². The van der Waals surface area contributed by atoms with Gasteiger partial charge in [-0.2, -0.15) is 0 Å². The van der Waals surface area contributed by atoms with E-state index in [0.29, 0.717) is 42.7 Å². The number of likely N-dealkylation sites (tertiary alicyclic amines) is 1. The maximum absolute atomic E-state index is 13.2. The Balaban J connectivity index is 1.39. The molecule has 190 valence electrons. The van der Waals surface area contributed by atoms with Crippen LogP contribution in [0.3, 0.4) is 0 Å². The van der Waals surface area contributed by atoms with Gasteiger partial charge in [0.1, 0.15) is 5.69 Å². The summed E-state index contributed by atoms with van der Waals surface area (Å²) in [6, 6.07) is 14.0. The lowest BCUT2D eigenvalue weighted by Gasteiger charge is -2.30. The Morgan fingerprint density at radius 3 is 2.69 bits per heavy atom. The van der Waals surface area contributed by atoms with Crippen molar-refractivity contribution in [3.63, 3.8) is 0 Å². The van der Waals surface area contributed by atoms with Gasteiger partial charge in [-0.05, 0) is 49.5 Å². The first-order valence-electron chi connectivity index (χ1n) is 12.4. The molecule has 1 unspecified atom stereocenters. The summed E-state index contributed by atoms with van der Waals surface area (Å²) in [5, 5.41) is 9.44. The first-order chi connectivity index (χ1) is 17.5. The zero-order valence-corrected chi connectivity index (χ0v) is 21.5. The molecule has 9 heteroatoms. The van der Waals surface area contributed by atoms with Gasteiger partial charge in [-0.3, -0.25) is 14.7 Å². The van der Waals surface area contributed by atoms with Crippen molar-refractivity contribution < 1.29 is 9.59 Å². The summed E-state index contributed by atoms with van der Waals surface area (Å²) in [4.78, 5) is 34.4. The number of hydrogen-bond acceptors (Lipinski definition) is 6. The Morgan fingerprint density at radius 2 is 2.00 bits per heavy atom. The van der Waals surface area contributed by atoms with Crippen LogP contribution in [-0.2, 0) is 13.0 Å². The van der Waals surface area contributed by atoms with Crippen LogP contribution in [0.15, 0.2) is 59.4 Å². The molecule has 1 aliphatic heterocycles. The zero-order valence-electron chi connectivity index (χ0n) is 20.7. The number of carbonyl (C=O) groups is 2. The number of urea groups is 1. The van der Waals surface area contributed by atoms with E-state index in [4.69, 9.17) is 5.73 Å². The van der Waals surface area contributed by atoms with Crippen LogP contribution in [0.25, 0.3) is 0 Å². The van der Waals surface area contributed by atoms with Gasteiger partial charge in [0.25, 0.3) is 5.91 Å². The first kappa shape index (κ1) is 25.7. The van der Waals surface area contributed by atoms with E-state index in [-0.39, 0.29) is 11.9 Å². The molecule has 4 N–H and O–H groups in total. The standard InChI is InChI=1S/C27H34N6O2S/c1-2-32-14-6-9-22(32)17-33(27(35)29-13-12-20-7-4-3-5-8-20)16-21-10-11-24(30-15-21)26(34)31-25-19-36-18-23(25)28/h3-5,7-8,10-11,15,18-19,22H,2,6,9,12-14,16-17,28H2,1H3,(H,29,35)(H,31,34). The Hall–Kier alpha value is -3.43. The molecule has 0 saturated carbocycles. The van der Waals surface area contributed by atoms with Crippen molar-refractivity contribution in [1.82, 2.24) is 20.1 Å². The summed E-state index contributed by atoms with van der Waals surface area (Å²) in [6.07, 6.45) is 4.69. The van der Waals surface area contributed by atoms with Crippen LogP contribution in [0.4, 0.5) is 16.2 Å². The molecule has 1 fully saturated rings. The number of anilines is 2. The summed E-state index contributed by atoms with van der Waals surface area (Å²) in [5.74, 6) is -0.313. The SMILES string of the molecule is CCN1CCCC1CN(Cc1ccc(C(=O)Nc2cscc2N)nc1)C(=O)NCCc1ccccc1. The smallest absolute Gasteiger partial charge is 0.317 e. The second kappa shape index (κ2) is 12.5. The number of rotatable bonds is 10. The lowest BCUT2D eigenvalue weighted by molar-refractivity contribution is 0.102. The minimum Gasteiger partial charge on any atom is -0.396 e. The summed E-state index contributed by atoms with van der Waals surface area (Å²) in [5.41, 5.74) is 9.35. The number of nitrogens with one attached hydrogen (secondary N) is 2. The molecular weight excluding hydrogens is 472 g/mol. The number of pyridine rings is 1. The van der Waals surface area contributed by atoms with Crippen LogP contribution in [0.5, 0.6) is 0 Å². The molecule has 36 heavy (non-hydrogen) atoms. The van der Waals surface area contributed by atoms with Gasteiger partial charge in [0.2, 0.25) is 0 Å². The number of amides is 3. The van der Waals surface area contributed by atoms with Crippen molar-refractivity contribution in [3.05, 3.63) is 76.2 Å². The number of benzene rings is 1. The molecule has 0 radical (unpaired) electrons. The molecular formula is C27H34N6O2S. The van der Waals surface area contributed by atoms with Crippen molar-refractivity contribution in [3.8, 4) is 0 Å². The second-order valence-corrected chi connectivity index (χ2v) is 9.76. The highest BCUT2D eigenvalue weighted by molar-refractivity contribution is 7.09. The number of likely N-dealkylation sites (N-methyl/N-ethyl adjacent to an activating group) is 1. The fraction of sp³-hybridized carbons (Fsp3) is 0.370. The van der Waals surface area contributed by atoms with Gasteiger partial charge in [0.05, 0.1) is 11.4 Å². The monoisotopic (exact) mass is 506 g/mol. The number of nitrogens with zero attached hydrogens (tertiary/aromatic N) is 3. The van der Waals surface area contributed by atoms with E-state index in [0.717, 1.165) is 37.9 Å². The van der Waals surface area contributed by atoms with Gasteiger partial charge in [0, 0.05) is 42.6 Å². The highest BCUT2D eigenvalue weighted by Crippen LogP contribution is 2.23. The van der Waals surface area contributed by atoms with Gasteiger partial charge >= 0.3 is 6.03 Å². The Labute approximate surface area is 216 Å². The van der Waals surface area contributed by atoms with Crippen LogP contribution in [0.1, 0.15) is 41.4 Å². The average molecular weight is 507 g/mol. The van der Waals surface area contributed by atoms with E-state index in [2.05, 4.69) is 39.6 Å². The largest absolute Gasteiger partial charge is 0.396 e. The predicted octanol–water partition coefficient (Wildman–Crippen LogP) is 4.22. The average Bonchev–Trinajstić information content (AvgIpc) is 3.52. The highest BCUT2D eigenvalue weighted by atomic mass is 32.1. The molecule has 3 heterocycles. The molecule has 2 aromatic heterocycles.